The van der Waals surface area contributed by atoms with Gasteiger partial charge in [0.05, 0.1) is 0 Å². The molecule has 72 valence electrons. The molecular formula is C10H7N5. The van der Waals surface area contributed by atoms with Crippen molar-refractivity contribution in [3.8, 4) is 5.82 Å². The first kappa shape index (κ1) is 8.05. The molecule has 0 aliphatic rings. The maximum atomic E-state index is 4.22. The minimum absolute atomic E-state index is 0.719. The van der Waals surface area contributed by atoms with E-state index in [-0.39, 0.29) is 0 Å². The molecule has 0 aliphatic heterocycles. The zero-order valence-corrected chi connectivity index (χ0v) is 7.78. The Balaban J connectivity index is 2.28. The van der Waals surface area contributed by atoms with Crippen molar-refractivity contribution in [3.05, 3.63) is 42.7 Å². The molecule has 3 aromatic rings. The highest BCUT2D eigenvalue weighted by Crippen LogP contribution is 2.10. The zero-order chi connectivity index (χ0) is 10.1. The molecule has 0 fully saturated rings. The van der Waals surface area contributed by atoms with Crippen LogP contribution in [0.25, 0.3) is 17.0 Å². The molecular weight excluding hydrogens is 190 g/mol. The molecule has 0 radical (unpaired) electrons. The summed E-state index contributed by atoms with van der Waals surface area (Å²) in [6.45, 7) is 0. The molecule has 3 aromatic heterocycles. The van der Waals surface area contributed by atoms with Crippen molar-refractivity contribution in [2.75, 3.05) is 0 Å². The number of hydrogen-bond donors (Lipinski definition) is 0. The number of aromatic nitrogens is 5. The van der Waals surface area contributed by atoms with E-state index in [1.54, 1.807) is 17.1 Å². The Kier molecular flexibility index (Phi) is 1.68. The van der Waals surface area contributed by atoms with Gasteiger partial charge in [-0.3, -0.25) is 0 Å². The third kappa shape index (κ3) is 1.25. The van der Waals surface area contributed by atoms with Gasteiger partial charge < -0.3 is 0 Å². The van der Waals surface area contributed by atoms with Gasteiger partial charge in [-0.1, -0.05) is 11.3 Å². The van der Waals surface area contributed by atoms with Gasteiger partial charge in [0.25, 0.3) is 0 Å². The van der Waals surface area contributed by atoms with E-state index in [9.17, 15) is 0 Å². The van der Waals surface area contributed by atoms with Crippen molar-refractivity contribution in [1.29, 1.82) is 0 Å². The van der Waals surface area contributed by atoms with Crippen LogP contribution < -0.4 is 0 Å². The van der Waals surface area contributed by atoms with Crippen molar-refractivity contribution in [2.24, 2.45) is 0 Å². The summed E-state index contributed by atoms with van der Waals surface area (Å²) in [4.78, 5) is 8.41. The minimum Gasteiger partial charge on any atom is -0.237 e. The molecule has 0 saturated heterocycles. The topological polar surface area (TPSA) is 56.5 Å². The van der Waals surface area contributed by atoms with Crippen LogP contribution in [0.1, 0.15) is 0 Å². The van der Waals surface area contributed by atoms with Crippen LogP contribution in [0.5, 0.6) is 0 Å². The van der Waals surface area contributed by atoms with Gasteiger partial charge in [-0.25, -0.2) is 9.97 Å². The number of pyridine rings is 2. The van der Waals surface area contributed by atoms with E-state index >= 15 is 0 Å². The van der Waals surface area contributed by atoms with Crippen LogP contribution in [0.15, 0.2) is 42.7 Å². The summed E-state index contributed by atoms with van der Waals surface area (Å²) in [5.74, 6) is 0.721. The lowest BCUT2D eigenvalue weighted by Gasteiger charge is -1.97. The summed E-state index contributed by atoms with van der Waals surface area (Å²) in [6, 6.07) is 9.33. The summed E-state index contributed by atoms with van der Waals surface area (Å²) >= 11 is 0. The fourth-order valence-electron chi connectivity index (χ4n) is 1.40. The Morgan fingerprint density at radius 2 is 1.87 bits per heavy atom. The van der Waals surface area contributed by atoms with Crippen LogP contribution in [0.2, 0.25) is 0 Å². The summed E-state index contributed by atoms with van der Waals surface area (Å²) in [5.41, 5.74) is 1.49. The molecule has 0 saturated carbocycles. The fraction of sp³-hybridized carbons (Fsp3) is 0. The van der Waals surface area contributed by atoms with Crippen LogP contribution in [-0.2, 0) is 0 Å². The summed E-state index contributed by atoms with van der Waals surface area (Å²) in [5, 5.41) is 8.01. The number of fused-ring (bicyclic) bond motifs is 1. The average molecular weight is 197 g/mol. The van der Waals surface area contributed by atoms with Crippen molar-refractivity contribution in [3.63, 3.8) is 0 Å². The Hall–Kier alpha value is -2.30. The van der Waals surface area contributed by atoms with E-state index < -0.39 is 0 Å². The highest BCUT2D eigenvalue weighted by atomic mass is 15.5. The zero-order valence-electron chi connectivity index (χ0n) is 7.78. The molecule has 5 nitrogen and oxygen atoms in total. The third-order valence-corrected chi connectivity index (χ3v) is 2.07. The Morgan fingerprint density at radius 1 is 0.933 bits per heavy atom. The van der Waals surface area contributed by atoms with E-state index in [2.05, 4.69) is 20.3 Å². The van der Waals surface area contributed by atoms with Crippen LogP contribution in [-0.4, -0.2) is 25.0 Å². The highest BCUT2D eigenvalue weighted by molar-refractivity contribution is 5.70. The van der Waals surface area contributed by atoms with Gasteiger partial charge in [-0.05, 0) is 24.3 Å². The first-order valence-corrected chi connectivity index (χ1v) is 4.53. The molecule has 5 heteroatoms. The molecule has 0 amide bonds. The van der Waals surface area contributed by atoms with Crippen molar-refractivity contribution >= 4 is 11.2 Å². The van der Waals surface area contributed by atoms with Gasteiger partial charge in [-0.15, -0.1) is 5.10 Å². The van der Waals surface area contributed by atoms with Gasteiger partial charge in [0, 0.05) is 12.4 Å². The van der Waals surface area contributed by atoms with E-state index in [0.717, 1.165) is 17.0 Å². The normalized spacial score (nSPS) is 10.7. The lowest BCUT2D eigenvalue weighted by atomic mass is 10.4. The quantitative estimate of drug-likeness (QED) is 0.588. The number of nitrogens with zero attached hydrogens (tertiary/aromatic N) is 5. The van der Waals surface area contributed by atoms with Crippen LogP contribution >= 0.6 is 0 Å². The molecule has 0 atom stereocenters. The summed E-state index contributed by atoms with van der Waals surface area (Å²) in [7, 11) is 0. The predicted octanol–water partition coefficient (Wildman–Crippen LogP) is 1.21. The maximum Gasteiger partial charge on any atom is 0.185 e. The number of hydrogen-bond acceptors (Lipinski definition) is 4. The van der Waals surface area contributed by atoms with E-state index in [1.165, 1.54) is 0 Å². The summed E-state index contributed by atoms with van der Waals surface area (Å²) < 4.78 is 1.62. The third-order valence-electron chi connectivity index (χ3n) is 2.07. The average Bonchev–Trinajstić information content (AvgIpc) is 2.74. The standard InChI is InChI=1S/C10H7N5/c1-2-6-11-9(5-1)15-10-8(13-14-15)4-3-7-12-10/h1-7H. The second-order valence-corrected chi connectivity index (χ2v) is 3.04. The molecule has 0 aliphatic carbocycles. The van der Waals surface area contributed by atoms with E-state index in [0.29, 0.717) is 0 Å². The first-order valence-electron chi connectivity index (χ1n) is 4.53. The molecule has 0 unspecified atom stereocenters. The van der Waals surface area contributed by atoms with Crippen molar-refractivity contribution < 1.29 is 0 Å². The molecule has 0 bridgehead atoms. The fourth-order valence-corrected chi connectivity index (χ4v) is 1.40. The van der Waals surface area contributed by atoms with Crippen LogP contribution in [0, 0.1) is 0 Å². The van der Waals surface area contributed by atoms with Crippen molar-refractivity contribution in [1.82, 2.24) is 25.0 Å². The van der Waals surface area contributed by atoms with Gasteiger partial charge in [0.15, 0.2) is 11.5 Å². The smallest absolute Gasteiger partial charge is 0.185 e. The van der Waals surface area contributed by atoms with Gasteiger partial charge in [-0.2, -0.15) is 4.68 Å². The first-order chi connectivity index (χ1) is 7.45. The number of rotatable bonds is 1. The molecule has 15 heavy (non-hydrogen) atoms. The highest BCUT2D eigenvalue weighted by Gasteiger charge is 2.06. The van der Waals surface area contributed by atoms with Gasteiger partial charge >= 0.3 is 0 Å². The minimum atomic E-state index is 0.719. The largest absolute Gasteiger partial charge is 0.237 e. The lowest BCUT2D eigenvalue weighted by Crippen LogP contribution is -1.99. The van der Waals surface area contributed by atoms with Crippen LogP contribution in [0.4, 0.5) is 0 Å². The van der Waals surface area contributed by atoms with Gasteiger partial charge in [0.2, 0.25) is 0 Å². The molecule has 0 spiro atoms. The Bertz CT molecular complexity index is 587. The van der Waals surface area contributed by atoms with Crippen molar-refractivity contribution in [2.45, 2.75) is 0 Å². The Morgan fingerprint density at radius 3 is 2.73 bits per heavy atom. The van der Waals surface area contributed by atoms with E-state index in [4.69, 9.17) is 0 Å². The van der Waals surface area contributed by atoms with Gasteiger partial charge in [0.1, 0.15) is 5.52 Å². The molecule has 0 N–H and O–H groups in total. The SMILES string of the molecule is c1ccc(-n2nnc3cccnc32)nc1. The second kappa shape index (κ2) is 3.13. The summed E-state index contributed by atoms with van der Waals surface area (Å²) in [6.07, 6.45) is 3.43. The Labute approximate surface area is 85.4 Å². The van der Waals surface area contributed by atoms with Crippen LogP contribution in [0.3, 0.4) is 0 Å². The second-order valence-electron chi connectivity index (χ2n) is 3.04. The lowest BCUT2D eigenvalue weighted by molar-refractivity contribution is 0.795. The molecule has 3 heterocycles. The molecule has 0 aromatic carbocycles. The predicted molar refractivity (Wildman–Crippen MR) is 54.5 cm³/mol. The maximum absolute atomic E-state index is 4.22. The monoisotopic (exact) mass is 197 g/mol. The van der Waals surface area contributed by atoms with E-state index in [1.807, 2.05) is 30.3 Å². The molecule has 3 rings (SSSR count).